The molecule has 30 heavy (non-hydrogen) atoms. The van der Waals surface area contributed by atoms with Crippen LogP contribution in [0.4, 0.5) is 23.2 Å². The molecule has 0 unspecified atom stereocenters. The van der Waals surface area contributed by atoms with Crippen molar-refractivity contribution < 1.29 is 27.2 Å². The number of hydrogen-bond donors (Lipinski definition) is 1. The van der Waals surface area contributed by atoms with Crippen LogP contribution in [0.15, 0.2) is 36.4 Å². The molecule has 1 fully saturated rings. The molecule has 2 aliphatic rings. The third-order valence-electron chi connectivity index (χ3n) is 5.26. The molecule has 5 nitrogen and oxygen atoms in total. The number of rotatable bonds is 4. The minimum absolute atomic E-state index is 0.00597. The van der Waals surface area contributed by atoms with E-state index in [2.05, 4.69) is 4.98 Å². The number of aromatic nitrogens is 1. The van der Waals surface area contributed by atoms with Crippen molar-refractivity contribution in [3.05, 3.63) is 59.2 Å². The summed E-state index contributed by atoms with van der Waals surface area (Å²) in [6.45, 7) is 0.521. The summed E-state index contributed by atoms with van der Waals surface area (Å²) in [6, 6.07) is 4.56. The third-order valence-corrected chi connectivity index (χ3v) is 5.26. The number of benzene rings is 1. The zero-order valence-electron chi connectivity index (χ0n) is 15.9. The van der Waals surface area contributed by atoms with Gasteiger partial charge in [0.05, 0.1) is 17.1 Å². The summed E-state index contributed by atoms with van der Waals surface area (Å²) in [7, 11) is 0. The highest BCUT2D eigenvalue weighted by Gasteiger charge is 2.44. The fourth-order valence-electron chi connectivity index (χ4n) is 3.55. The lowest BCUT2D eigenvalue weighted by atomic mass is 10.0. The molecule has 1 aliphatic heterocycles. The second-order valence-corrected chi connectivity index (χ2v) is 7.52. The minimum Gasteiger partial charge on any atom is -0.335 e. The van der Waals surface area contributed by atoms with Gasteiger partial charge in [-0.05, 0) is 62.1 Å². The molecular formula is C21H19F4N3O2. The molecule has 1 aromatic carbocycles. The monoisotopic (exact) mass is 421 g/mol. The molecule has 1 saturated carbocycles. The standard InChI is InChI=1S/C21H19F4N3O2/c22-14-7-5-12(6-8-14)19(29)27-18(21(23,24)25)16-9-10-17-15(26-16)2-1-11-28(17)20(30)13-3-4-13/h5-10,13,18H,1-4,11H2,(H,27,29)/t18-/m1/s1. The number of fused-ring (bicyclic) bond motifs is 1. The predicted molar refractivity (Wildman–Crippen MR) is 100 cm³/mol. The number of aryl methyl sites for hydroxylation is 1. The summed E-state index contributed by atoms with van der Waals surface area (Å²) < 4.78 is 54.2. The van der Waals surface area contributed by atoms with Gasteiger partial charge in [0.2, 0.25) is 5.91 Å². The number of carbonyl (C=O) groups excluding carboxylic acids is 2. The lowest BCUT2D eigenvalue weighted by Gasteiger charge is -2.30. The fraction of sp³-hybridized carbons (Fsp3) is 0.381. The number of amides is 2. The van der Waals surface area contributed by atoms with Gasteiger partial charge in [0, 0.05) is 18.0 Å². The third kappa shape index (κ3) is 4.15. The van der Waals surface area contributed by atoms with Crippen molar-refractivity contribution in [3.63, 3.8) is 0 Å². The summed E-state index contributed by atoms with van der Waals surface area (Å²) >= 11 is 0. The first-order chi connectivity index (χ1) is 14.2. The van der Waals surface area contributed by atoms with Gasteiger partial charge in [0.15, 0.2) is 6.04 Å². The average Bonchev–Trinajstić information content (AvgIpc) is 3.55. The van der Waals surface area contributed by atoms with E-state index in [1.807, 2.05) is 5.32 Å². The normalized spacial score (nSPS) is 17.3. The summed E-state index contributed by atoms with van der Waals surface area (Å²) in [6.07, 6.45) is -2.05. The second-order valence-electron chi connectivity index (χ2n) is 7.52. The molecule has 1 atom stereocenters. The van der Waals surface area contributed by atoms with Crippen molar-refractivity contribution in [2.45, 2.75) is 37.9 Å². The molecule has 2 heterocycles. The van der Waals surface area contributed by atoms with E-state index in [0.29, 0.717) is 30.8 Å². The smallest absolute Gasteiger partial charge is 0.335 e. The first-order valence-corrected chi connectivity index (χ1v) is 9.68. The Kier molecular flexibility index (Phi) is 5.21. The van der Waals surface area contributed by atoms with Gasteiger partial charge in [-0.15, -0.1) is 0 Å². The van der Waals surface area contributed by atoms with Gasteiger partial charge in [0.1, 0.15) is 5.82 Å². The predicted octanol–water partition coefficient (Wildman–Crippen LogP) is 3.94. The van der Waals surface area contributed by atoms with Crippen molar-refractivity contribution in [1.82, 2.24) is 10.3 Å². The maximum absolute atomic E-state index is 13.7. The van der Waals surface area contributed by atoms with E-state index in [1.54, 1.807) is 4.90 Å². The minimum atomic E-state index is -4.78. The highest BCUT2D eigenvalue weighted by Crippen LogP contribution is 2.37. The van der Waals surface area contributed by atoms with E-state index in [1.165, 1.54) is 12.1 Å². The van der Waals surface area contributed by atoms with Gasteiger partial charge in [-0.2, -0.15) is 13.2 Å². The van der Waals surface area contributed by atoms with E-state index in [-0.39, 0.29) is 23.1 Å². The highest BCUT2D eigenvalue weighted by molar-refractivity contribution is 5.97. The maximum atomic E-state index is 13.7. The van der Waals surface area contributed by atoms with Crippen molar-refractivity contribution in [2.75, 3.05) is 11.4 Å². The van der Waals surface area contributed by atoms with Crippen molar-refractivity contribution >= 4 is 17.5 Å². The number of halogens is 4. The molecule has 0 bridgehead atoms. The van der Waals surface area contributed by atoms with Crippen LogP contribution < -0.4 is 10.2 Å². The maximum Gasteiger partial charge on any atom is 0.414 e. The van der Waals surface area contributed by atoms with E-state index in [0.717, 1.165) is 37.1 Å². The van der Waals surface area contributed by atoms with Crippen LogP contribution in [0.5, 0.6) is 0 Å². The number of nitrogens with one attached hydrogen (secondary N) is 1. The van der Waals surface area contributed by atoms with Crippen LogP contribution in [0.1, 0.15) is 47.1 Å². The fourth-order valence-corrected chi connectivity index (χ4v) is 3.55. The van der Waals surface area contributed by atoms with E-state index < -0.39 is 23.9 Å². The quantitative estimate of drug-likeness (QED) is 0.761. The number of hydrogen-bond acceptors (Lipinski definition) is 3. The van der Waals surface area contributed by atoms with Crippen molar-refractivity contribution in [1.29, 1.82) is 0 Å². The van der Waals surface area contributed by atoms with Gasteiger partial charge in [-0.3, -0.25) is 14.6 Å². The Morgan fingerprint density at radius 1 is 1.10 bits per heavy atom. The Morgan fingerprint density at radius 2 is 1.80 bits per heavy atom. The number of carbonyl (C=O) groups is 2. The van der Waals surface area contributed by atoms with Crippen molar-refractivity contribution in [3.8, 4) is 0 Å². The van der Waals surface area contributed by atoms with Gasteiger partial charge in [-0.1, -0.05) is 0 Å². The summed E-state index contributed by atoms with van der Waals surface area (Å²) in [4.78, 5) is 30.5. The van der Waals surface area contributed by atoms with E-state index in [9.17, 15) is 27.2 Å². The molecule has 1 aromatic heterocycles. The van der Waals surface area contributed by atoms with Crippen LogP contribution in [0.2, 0.25) is 0 Å². The average molecular weight is 421 g/mol. The first kappa shape index (κ1) is 20.3. The lowest BCUT2D eigenvalue weighted by Crippen LogP contribution is -2.40. The van der Waals surface area contributed by atoms with Gasteiger partial charge >= 0.3 is 6.18 Å². The molecule has 0 radical (unpaired) electrons. The van der Waals surface area contributed by atoms with Crippen molar-refractivity contribution in [2.24, 2.45) is 5.92 Å². The van der Waals surface area contributed by atoms with Crippen LogP contribution >= 0.6 is 0 Å². The Morgan fingerprint density at radius 3 is 2.43 bits per heavy atom. The first-order valence-electron chi connectivity index (χ1n) is 9.68. The van der Waals surface area contributed by atoms with Crippen LogP contribution in [-0.4, -0.2) is 29.5 Å². The number of nitrogens with zero attached hydrogens (tertiary/aromatic N) is 2. The molecule has 1 N–H and O–H groups in total. The van der Waals surface area contributed by atoms with E-state index >= 15 is 0 Å². The topological polar surface area (TPSA) is 62.3 Å². The second kappa shape index (κ2) is 7.70. The van der Waals surface area contributed by atoms with Crippen LogP contribution in [0.3, 0.4) is 0 Å². The lowest BCUT2D eigenvalue weighted by molar-refractivity contribution is -0.156. The van der Waals surface area contributed by atoms with Crippen LogP contribution in [-0.2, 0) is 11.2 Å². The zero-order chi connectivity index (χ0) is 21.5. The van der Waals surface area contributed by atoms with Gasteiger partial charge in [-0.25, -0.2) is 4.39 Å². The Balaban J connectivity index is 1.61. The summed E-state index contributed by atoms with van der Waals surface area (Å²) in [5, 5.41) is 1.95. The highest BCUT2D eigenvalue weighted by atomic mass is 19.4. The molecular weight excluding hydrogens is 402 g/mol. The van der Waals surface area contributed by atoms with Gasteiger partial charge in [0.25, 0.3) is 5.91 Å². The molecule has 158 valence electrons. The summed E-state index contributed by atoms with van der Waals surface area (Å²) in [5.74, 6) is -1.60. The van der Waals surface area contributed by atoms with Gasteiger partial charge < -0.3 is 10.2 Å². The molecule has 2 aromatic rings. The van der Waals surface area contributed by atoms with Crippen LogP contribution in [0.25, 0.3) is 0 Å². The number of alkyl halides is 3. The molecule has 0 spiro atoms. The molecule has 4 rings (SSSR count). The number of pyridine rings is 1. The summed E-state index contributed by atoms with van der Waals surface area (Å²) in [5.41, 5.74) is 0.507. The Labute approximate surface area is 170 Å². The molecule has 2 amide bonds. The Hall–Kier alpha value is -2.97. The van der Waals surface area contributed by atoms with E-state index in [4.69, 9.17) is 0 Å². The largest absolute Gasteiger partial charge is 0.414 e. The molecule has 0 saturated heterocycles. The molecule has 9 heteroatoms. The van der Waals surface area contributed by atoms with Crippen LogP contribution in [0, 0.1) is 11.7 Å². The zero-order valence-corrected chi connectivity index (χ0v) is 15.9. The molecule has 1 aliphatic carbocycles. The SMILES string of the molecule is O=C(N[C@H](c1ccc2c(n1)CCCN2C(=O)C1CC1)C(F)(F)F)c1ccc(F)cc1. The number of anilines is 1. The Bertz CT molecular complexity index is 971.